The lowest BCUT2D eigenvalue weighted by atomic mass is 9.78. The third-order valence-corrected chi connectivity index (χ3v) is 11.6. The Labute approximate surface area is 304 Å². The summed E-state index contributed by atoms with van der Waals surface area (Å²) in [7, 11) is 0. The van der Waals surface area contributed by atoms with Gasteiger partial charge in [0, 0.05) is 57.4 Å². The number of benzene rings is 2. The summed E-state index contributed by atoms with van der Waals surface area (Å²) < 4.78 is 6.03. The molecule has 6 rings (SSSR count). The minimum absolute atomic E-state index is 0.0128. The van der Waals surface area contributed by atoms with Gasteiger partial charge in [-0.1, -0.05) is 35.9 Å². The quantitative estimate of drug-likeness (QED) is 0.313. The number of phenolic OH excluding ortho intramolecular Hbond substituents is 1. The highest BCUT2D eigenvalue weighted by molar-refractivity contribution is 6.32. The molecule has 3 N–H and O–H groups in total. The zero-order valence-electron chi connectivity index (χ0n) is 29.4. The summed E-state index contributed by atoms with van der Waals surface area (Å²) in [5.41, 5.74) is 3.21. The predicted molar refractivity (Wildman–Crippen MR) is 193 cm³/mol. The Bertz CT molecular complexity index is 1560. The van der Waals surface area contributed by atoms with E-state index in [9.17, 15) is 24.3 Å². The molecule has 12 nitrogen and oxygen atoms in total. The summed E-state index contributed by atoms with van der Waals surface area (Å²) in [6, 6.07) is 11.1. The number of nitrogens with zero attached hydrogens (tertiary/aromatic N) is 4. The van der Waals surface area contributed by atoms with E-state index in [4.69, 9.17) is 21.4 Å². The molecule has 51 heavy (non-hydrogen) atoms. The Hall–Kier alpha value is -4.03. The number of para-hydroxylation sites is 1. The summed E-state index contributed by atoms with van der Waals surface area (Å²) in [6.07, 6.45) is 4.48. The van der Waals surface area contributed by atoms with Gasteiger partial charge in [0.25, 0.3) is 5.91 Å². The third kappa shape index (κ3) is 9.07. The number of aromatic hydroxyl groups is 1. The Kier molecular flexibility index (Phi) is 11.9. The van der Waals surface area contributed by atoms with Gasteiger partial charge in [0.1, 0.15) is 5.75 Å². The summed E-state index contributed by atoms with van der Waals surface area (Å²) in [6.45, 7) is 6.72. The number of nitrogens with one attached hydrogen (secondary N) is 1. The Morgan fingerprint density at radius 3 is 2.24 bits per heavy atom. The van der Waals surface area contributed by atoms with Gasteiger partial charge in [0.05, 0.1) is 11.4 Å². The number of carbonyl (C=O) groups is 4. The van der Waals surface area contributed by atoms with E-state index in [1.807, 2.05) is 34.1 Å². The van der Waals surface area contributed by atoms with Crippen molar-refractivity contribution in [3.8, 4) is 5.75 Å². The lowest BCUT2D eigenvalue weighted by Gasteiger charge is -2.41. The average molecular weight is 724 g/mol. The topological polar surface area (TPSA) is 143 Å². The number of hydrogen-bond donors (Lipinski definition) is 3. The van der Waals surface area contributed by atoms with Crippen molar-refractivity contribution in [2.45, 2.75) is 76.9 Å². The summed E-state index contributed by atoms with van der Waals surface area (Å²) in [4.78, 5) is 59.3. The molecule has 4 amide bonds. The number of halogens is 1. The standard InChI is InChI=1S/C38H50ClN5O7/c1-25-22-26(23-31(39)35(25)47)24-33(36(48)42-17-8-28(9-18-42)27-6-14-41(15-7-27)16-13-34(45)46)51-38(50)43-19-11-30(12-20-43)44-21-10-29-4-2-3-5-32(29)40-37(44)49/h2-5,22-23,27-28,30,33,47H,6-21,24H2,1H3,(H,40,49)(H,45,46)/t33-/m1/s1. The maximum Gasteiger partial charge on any atom is 0.410 e. The number of piperidine rings is 3. The van der Waals surface area contributed by atoms with Gasteiger partial charge < -0.3 is 39.9 Å². The minimum Gasteiger partial charge on any atom is -0.506 e. The van der Waals surface area contributed by atoms with Crippen LogP contribution in [-0.4, -0.2) is 118 Å². The van der Waals surface area contributed by atoms with Gasteiger partial charge in [0.2, 0.25) is 0 Å². The first-order chi connectivity index (χ1) is 24.5. The predicted octanol–water partition coefficient (Wildman–Crippen LogP) is 5.38. The molecule has 2 aromatic rings. The SMILES string of the molecule is Cc1cc(C[C@@H](OC(=O)N2CCC(N3CCc4ccccc4NC3=O)CC2)C(=O)N2CCC(C3CCN(CCC(=O)O)CC3)CC2)cc(Cl)c1O. The van der Waals surface area contributed by atoms with E-state index in [-0.39, 0.29) is 41.6 Å². The van der Waals surface area contributed by atoms with Crippen LogP contribution < -0.4 is 5.32 Å². The molecule has 2 aromatic carbocycles. The van der Waals surface area contributed by atoms with Gasteiger partial charge in [-0.2, -0.15) is 0 Å². The number of hydrogen-bond acceptors (Lipinski definition) is 7. The number of aliphatic carboxylic acids is 1. The first-order valence-corrected chi connectivity index (χ1v) is 18.8. The molecule has 4 heterocycles. The van der Waals surface area contributed by atoms with Crippen molar-refractivity contribution >= 4 is 41.3 Å². The van der Waals surface area contributed by atoms with E-state index in [2.05, 4.69) is 10.2 Å². The Morgan fingerprint density at radius 2 is 1.57 bits per heavy atom. The number of anilines is 1. The van der Waals surface area contributed by atoms with Crippen molar-refractivity contribution in [1.82, 2.24) is 19.6 Å². The number of rotatable bonds is 9. The monoisotopic (exact) mass is 723 g/mol. The molecule has 1 atom stereocenters. The number of ether oxygens (including phenoxy) is 1. The lowest BCUT2D eigenvalue weighted by molar-refractivity contribution is -0.143. The van der Waals surface area contributed by atoms with Crippen LogP contribution in [0.1, 0.15) is 61.6 Å². The molecule has 4 aliphatic rings. The van der Waals surface area contributed by atoms with Crippen molar-refractivity contribution in [2.75, 3.05) is 57.7 Å². The molecule has 276 valence electrons. The maximum atomic E-state index is 14.1. The van der Waals surface area contributed by atoms with E-state index in [0.717, 1.165) is 56.4 Å². The molecular weight excluding hydrogens is 674 g/mol. The number of carbonyl (C=O) groups excluding carboxylic acids is 3. The molecule has 0 radical (unpaired) electrons. The largest absolute Gasteiger partial charge is 0.506 e. The smallest absolute Gasteiger partial charge is 0.410 e. The van der Waals surface area contributed by atoms with Gasteiger partial charge in [-0.3, -0.25) is 9.59 Å². The number of likely N-dealkylation sites (tertiary alicyclic amines) is 3. The van der Waals surface area contributed by atoms with Gasteiger partial charge >= 0.3 is 18.1 Å². The molecule has 4 aliphatic heterocycles. The number of phenols is 1. The second-order valence-corrected chi connectivity index (χ2v) is 15.0. The van der Waals surface area contributed by atoms with E-state index < -0.39 is 18.2 Å². The minimum atomic E-state index is -1.06. The van der Waals surface area contributed by atoms with Crippen LogP contribution in [0, 0.1) is 18.8 Å². The number of aryl methyl sites for hydroxylation is 1. The zero-order chi connectivity index (χ0) is 36.1. The highest BCUT2D eigenvalue weighted by Gasteiger charge is 2.37. The van der Waals surface area contributed by atoms with Crippen molar-refractivity contribution in [2.24, 2.45) is 11.8 Å². The molecule has 3 saturated heterocycles. The van der Waals surface area contributed by atoms with Crippen LogP contribution in [0.4, 0.5) is 15.3 Å². The second-order valence-electron chi connectivity index (χ2n) is 14.6. The number of carboxylic acids is 1. The first-order valence-electron chi connectivity index (χ1n) is 18.4. The molecule has 0 aliphatic carbocycles. The van der Waals surface area contributed by atoms with Gasteiger partial charge in [0.15, 0.2) is 6.10 Å². The van der Waals surface area contributed by atoms with Gasteiger partial charge in [-0.25, -0.2) is 9.59 Å². The van der Waals surface area contributed by atoms with Crippen molar-refractivity contribution in [3.63, 3.8) is 0 Å². The molecular formula is C38H50ClN5O7. The summed E-state index contributed by atoms with van der Waals surface area (Å²) >= 11 is 6.29. The van der Waals surface area contributed by atoms with Crippen LogP contribution in [0.3, 0.4) is 0 Å². The highest BCUT2D eigenvalue weighted by Crippen LogP contribution is 2.34. The molecule has 0 unspecified atom stereocenters. The Morgan fingerprint density at radius 1 is 0.922 bits per heavy atom. The lowest BCUT2D eigenvalue weighted by Crippen LogP contribution is -2.52. The highest BCUT2D eigenvalue weighted by atomic mass is 35.5. The number of carboxylic acid groups (broad SMARTS) is 1. The van der Waals surface area contributed by atoms with Crippen molar-refractivity contribution < 1.29 is 34.1 Å². The van der Waals surface area contributed by atoms with E-state index in [1.54, 1.807) is 24.0 Å². The normalized spacial score (nSPS) is 20.4. The fourth-order valence-electron chi connectivity index (χ4n) is 8.31. The first kappa shape index (κ1) is 36.8. The van der Waals surface area contributed by atoms with Crippen LogP contribution in [-0.2, 0) is 27.2 Å². The van der Waals surface area contributed by atoms with Gasteiger partial charge in [-0.05, 0) is 106 Å². The van der Waals surface area contributed by atoms with Crippen LogP contribution in [0.15, 0.2) is 36.4 Å². The van der Waals surface area contributed by atoms with E-state index in [1.165, 1.54) is 0 Å². The molecule has 0 spiro atoms. The van der Waals surface area contributed by atoms with Crippen LogP contribution in [0.2, 0.25) is 5.02 Å². The van der Waals surface area contributed by atoms with Crippen LogP contribution in [0.5, 0.6) is 5.75 Å². The van der Waals surface area contributed by atoms with Crippen molar-refractivity contribution in [3.05, 3.63) is 58.1 Å². The molecule has 13 heteroatoms. The van der Waals surface area contributed by atoms with E-state index >= 15 is 0 Å². The molecule has 3 fully saturated rings. The summed E-state index contributed by atoms with van der Waals surface area (Å²) in [5.74, 6) is 0.0364. The number of fused-ring (bicyclic) bond motifs is 1. The number of urea groups is 1. The zero-order valence-corrected chi connectivity index (χ0v) is 30.2. The fraction of sp³-hybridized carbons (Fsp3) is 0.579. The second kappa shape index (κ2) is 16.5. The van der Waals surface area contributed by atoms with E-state index in [0.29, 0.717) is 75.1 Å². The Balaban J connectivity index is 1.05. The third-order valence-electron chi connectivity index (χ3n) is 11.4. The maximum absolute atomic E-state index is 14.1. The molecule has 0 bridgehead atoms. The average Bonchev–Trinajstić information content (AvgIpc) is 3.30. The van der Waals surface area contributed by atoms with Crippen LogP contribution in [0.25, 0.3) is 0 Å². The number of amides is 4. The molecule has 0 saturated carbocycles. The summed E-state index contributed by atoms with van der Waals surface area (Å²) in [5, 5.41) is 22.5. The fourth-order valence-corrected chi connectivity index (χ4v) is 8.60. The molecule has 0 aromatic heterocycles. The van der Waals surface area contributed by atoms with Gasteiger partial charge in [-0.15, -0.1) is 0 Å². The van der Waals surface area contributed by atoms with Crippen molar-refractivity contribution in [1.29, 1.82) is 0 Å². The van der Waals surface area contributed by atoms with Crippen LogP contribution >= 0.6 is 11.6 Å².